The number of nitrogens with one attached hydrogen (secondary N) is 2. The second-order valence-corrected chi connectivity index (χ2v) is 5.41. The lowest BCUT2D eigenvalue weighted by atomic mass is 10.2. The van der Waals surface area contributed by atoms with E-state index in [1.807, 2.05) is 30.3 Å². The molecular weight excluding hydrogens is 294 g/mol. The van der Waals surface area contributed by atoms with Gasteiger partial charge in [-0.2, -0.15) is 5.10 Å². The molecule has 0 atom stereocenters. The third kappa shape index (κ3) is 2.96. The fourth-order valence-corrected chi connectivity index (χ4v) is 2.39. The summed E-state index contributed by atoms with van der Waals surface area (Å²) in [5.74, 6) is 1.41. The van der Waals surface area contributed by atoms with Crippen LogP contribution in [0.3, 0.4) is 0 Å². The van der Waals surface area contributed by atoms with E-state index in [2.05, 4.69) is 32.4 Å². The first-order chi connectivity index (χ1) is 10.8. The second kappa shape index (κ2) is 6.62. The first kappa shape index (κ1) is 14.6. The van der Waals surface area contributed by atoms with Crippen molar-refractivity contribution < 1.29 is 0 Å². The van der Waals surface area contributed by atoms with Gasteiger partial charge in [-0.05, 0) is 6.42 Å². The molecule has 112 valence electrons. The highest BCUT2D eigenvalue weighted by Gasteiger charge is 2.09. The van der Waals surface area contributed by atoms with Crippen LogP contribution in [0.4, 0.5) is 5.82 Å². The molecule has 3 aromatic rings. The number of aromatic nitrogens is 4. The Morgan fingerprint density at radius 1 is 1.23 bits per heavy atom. The Bertz CT molecular complexity index is 829. The molecule has 2 aromatic heterocycles. The average molecular weight is 311 g/mol. The summed E-state index contributed by atoms with van der Waals surface area (Å²) in [6.07, 6.45) is 4.00. The second-order valence-electron chi connectivity index (χ2n) is 5.00. The van der Waals surface area contributed by atoms with E-state index in [0.717, 1.165) is 41.7 Å². The molecule has 0 spiro atoms. The minimum Gasteiger partial charge on any atom is -0.368 e. The van der Waals surface area contributed by atoms with E-state index in [4.69, 9.17) is 12.2 Å². The van der Waals surface area contributed by atoms with E-state index in [1.54, 1.807) is 6.20 Å². The highest BCUT2D eigenvalue weighted by atomic mass is 32.1. The van der Waals surface area contributed by atoms with Crippen LogP contribution in [-0.2, 0) is 0 Å². The van der Waals surface area contributed by atoms with Gasteiger partial charge >= 0.3 is 0 Å². The van der Waals surface area contributed by atoms with Crippen LogP contribution in [0.15, 0.2) is 36.5 Å². The molecule has 2 heterocycles. The highest BCUT2D eigenvalue weighted by molar-refractivity contribution is 7.71. The van der Waals surface area contributed by atoms with E-state index in [-0.39, 0.29) is 0 Å². The zero-order chi connectivity index (χ0) is 15.4. The van der Waals surface area contributed by atoms with Gasteiger partial charge in [0.05, 0.1) is 5.39 Å². The van der Waals surface area contributed by atoms with Crippen molar-refractivity contribution in [2.24, 2.45) is 0 Å². The summed E-state index contributed by atoms with van der Waals surface area (Å²) in [5.41, 5.74) is 1.69. The summed E-state index contributed by atoms with van der Waals surface area (Å²) in [7, 11) is 0. The molecule has 0 amide bonds. The molecule has 22 heavy (non-hydrogen) atoms. The Labute approximate surface area is 133 Å². The maximum absolute atomic E-state index is 5.32. The van der Waals surface area contributed by atoms with E-state index in [9.17, 15) is 0 Å². The molecular formula is C16H17N5S. The topological polar surface area (TPSA) is 66.5 Å². The smallest absolute Gasteiger partial charge is 0.159 e. The van der Waals surface area contributed by atoms with Crippen LogP contribution >= 0.6 is 12.2 Å². The van der Waals surface area contributed by atoms with Gasteiger partial charge in [-0.25, -0.2) is 9.97 Å². The van der Waals surface area contributed by atoms with Crippen LogP contribution in [0.1, 0.15) is 19.8 Å². The number of H-pyrrole nitrogens is 1. The Hall–Kier alpha value is -2.34. The predicted molar refractivity (Wildman–Crippen MR) is 91.4 cm³/mol. The number of fused-ring (bicyclic) bond motifs is 1. The first-order valence-electron chi connectivity index (χ1n) is 7.34. The summed E-state index contributed by atoms with van der Waals surface area (Å²) in [6.45, 7) is 3.02. The van der Waals surface area contributed by atoms with Crippen LogP contribution in [0.2, 0.25) is 0 Å². The van der Waals surface area contributed by atoms with E-state index < -0.39 is 0 Å². The van der Waals surface area contributed by atoms with E-state index in [0.29, 0.717) is 10.5 Å². The Morgan fingerprint density at radius 2 is 2.05 bits per heavy atom. The van der Waals surface area contributed by atoms with Gasteiger partial charge in [0.15, 0.2) is 11.6 Å². The minimum atomic E-state index is 0.524. The van der Waals surface area contributed by atoms with Crippen molar-refractivity contribution in [3.63, 3.8) is 0 Å². The normalized spacial score (nSPS) is 10.8. The number of hydrogen-bond donors (Lipinski definition) is 2. The molecule has 0 aliphatic heterocycles. The van der Waals surface area contributed by atoms with Gasteiger partial charge in [-0.15, -0.1) is 0 Å². The van der Waals surface area contributed by atoms with Crippen molar-refractivity contribution in [3.8, 4) is 11.4 Å². The monoisotopic (exact) mass is 311 g/mol. The van der Waals surface area contributed by atoms with Crippen molar-refractivity contribution in [2.45, 2.75) is 19.8 Å². The molecule has 0 radical (unpaired) electrons. The molecule has 0 aliphatic rings. The van der Waals surface area contributed by atoms with Gasteiger partial charge in [0.25, 0.3) is 0 Å². The van der Waals surface area contributed by atoms with Crippen molar-refractivity contribution in [2.75, 3.05) is 11.9 Å². The summed E-state index contributed by atoms with van der Waals surface area (Å²) in [6, 6.07) is 9.86. The van der Waals surface area contributed by atoms with Crippen molar-refractivity contribution in [1.29, 1.82) is 0 Å². The lowest BCUT2D eigenvalue weighted by Gasteiger charge is -2.08. The summed E-state index contributed by atoms with van der Waals surface area (Å²) < 4.78 is 0.524. The van der Waals surface area contributed by atoms with Crippen LogP contribution in [0.5, 0.6) is 0 Å². The van der Waals surface area contributed by atoms with Gasteiger partial charge in [0, 0.05) is 18.3 Å². The van der Waals surface area contributed by atoms with Crippen LogP contribution in [0, 0.1) is 4.64 Å². The summed E-state index contributed by atoms with van der Waals surface area (Å²) in [4.78, 5) is 9.06. The standard InChI is InChI=1S/C16H17N5S/c1-2-3-9-17-15-12-10-18-14(11-7-5-4-6-8-11)19-13(12)16(22)21-20-15/h4-8,10H,2-3,9H2,1H3,(H,17,20)(H,21,22). The van der Waals surface area contributed by atoms with Gasteiger partial charge < -0.3 is 5.32 Å². The zero-order valence-corrected chi connectivity index (χ0v) is 13.2. The molecule has 6 heteroatoms. The van der Waals surface area contributed by atoms with Gasteiger partial charge in [-0.3, -0.25) is 5.10 Å². The molecule has 0 bridgehead atoms. The fraction of sp³-hybridized carbons (Fsp3) is 0.250. The van der Waals surface area contributed by atoms with Crippen LogP contribution < -0.4 is 5.32 Å². The van der Waals surface area contributed by atoms with Crippen LogP contribution in [0.25, 0.3) is 22.3 Å². The average Bonchev–Trinajstić information content (AvgIpc) is 2.58. The largest absolute Gasteiger partial charge is 0.368 e. The van der Waals surface area contributed by atoms with Gasteiger partial charge in [-0.1, -0.05) is 55.9 Å². The first-order valence-corrected chi connectivity index (χ1v) is 7.75. The Morgan fingerprint density at radius 3 is 2.82 bits per heavy atom. The number of aromatic amines is 1. The maximum Gasteiger partial charge on any atom is 0.159 e. The quantitative estimate of drug-likeness (QED) is 0.551. The fourth-order valence-electron chi connectivity index (χ4n) is 2.19. The highest BCUT2D eigenvalue weighted by Crippen LogP contribution is 2.22. The van der Waals surface area contributed by atoms with E-state index in [1.165, 1.54) is 0 Å². The van der Waals surface area contributed by atoms with Gasteiger partial charge in [0.2, 0.25) is 0 Å². The third-order valence-electron chi connectivity index (χ3n) is 3.38. The lowest BCUT2D eigenvalue weighted by molar-refractivity contribution is 0.828. The predicted octanol–water partition coefficient (Wildman–Crippen LogP) is 3.96. The van der Waals surface area contributed by atoms with Crippen LogP contribution in [-0.4, -0.2) is 26.7 Å². The number of anilines is 1. The van der Waals surface area contributed by atoms with Crippen molar-refractivity contribution >= 4 is 28.9 Å². The molecule has 2 N–H and O–H groups in total. The molecule has 1 aromatic carbocycles. The summed E-state index contributed by atoms with van der Waals surface area (Å²) in [5, 5.41) is 11.3. The zero-order valence-electron chi connectivity index (χ0n) is 12.3. The van der Waals surface area contributed by atoms with Crippen molar-refractivity contribution in [3.05, 3.63) is 41.2 Å². The molecule has 3 rings (SSSR count). The van der Waals surface area contributed by atoms with E-state index >= 15 is 0 Å². The molecule has 0 unspecified atom stereocenters. The molecule has 0 fully saturated rings. The minimum absolute atomic E-state index is 0.524. The molecule has 0 saturated carbocycles. The molecule has 0 saturated heterocycles. The SMILES string of the molecule is CCCCNc1n[nH]c(=S)c2nc(-c3ccccc3)ncc12. The Kier molecular flexibility index (Phi) is 4.39. The van der Waals surface area contributed by atoms with Crippen molar-refractivity contribution in [1.82, 2.24) is 20.2 Å². The maximum atomic E-state index is 5.32. The molecule has 0 aliphatic carbocycles. The lowest BCUT2D eigenvalue weighted by Crippen LogP contribution is -2.06. The number of benzene rings is 1. The number of unbranched alkanes of at least 4 members (excludes halogenated alkanes) is 1. The number of nitrogens with zero attached hydrogens (tertiary/aromatic N) is 3. The number of rotatable bonds is 5. The Balaban J connectivity index is 2.05. The summed E-state index contributed by atoms with van der Waals surface area (Å²) >= 11 is 5.32. The molecule has 5 nitrogen and oxygen atoms in total. The van der Waals surface area contributed by atoms with Gasteiger partial charge in [0.1, 0.15) is 10.2 Å². The number of hydrogen-bond acceptors (Lipinski definition) is 5. The third-order valence-corrected chi connectivity index (χ3v) is 3.67.